The van der Waals surface area contributed by atoms with Gasteiger partial charge in [0.15, 0.2) is 0 Å². The maximum Gasteiger partial charge on any atom is 0.268 e. The van der Waals surface area contributed by atoms with Gasteiger partial charge in [-0.15, -0.1) is 0 Å². The van der Waals surface area contributed by atoms with Crippen LogP contribution in [0, 0.1) is 6.92 Å². The van der Waals surface area contributed by atoms with Gasteiger partial charge < -0.3 is 9.64 Å². The molecule has 5 rings (SSSR count). The summed E-state index contributed by atoms with van der Waals surface area (Å²) < 4.78 is 35.1. The molecule has 6 heteroatoms. The maximum absolute atomic E-state index is 13.6. The number of fused-ring (bicyclic) bond motifs is 1. The number of nitrogens with zero attached hydrogens (tertiary/aromatic N) is 2. The zero-order valence-electron chi connectivity index (χ0n) is 19.7. The van der Waals surface area contributed by atoms with E-state index in [1.807, 2.05) is 37.4 Å². The summed E-state index contributed by atoms with van der Waals surface area (Å²) >= 11 is 0. The Hall–Kier alpha value is -2.31. The summed E-state index contributed by atoms with van der Waals surface area (Å²) in [7, 11) is -1.54. The SMILES string of the molecule is Cc1ccc(S(=O)(=O)n2cc(C3CCN(C)CC3)c3cc(OC4CCCCC4)ccc32)cc1. The van der Waals surface area contributed by atoms with Crippen molar-refractivity contribution in [3.8, 4) is 5.75 Å². The number of aryl methyl sites for hydroxylation is 1. The first-order valence-electron chi connectivity index (χ1n) is 12.2. The molecule has 2 aromatic carbocycles. The van der Waals surface area contributed by atoms with Gasteiger partial charge in [0.2, 0.25) is 0 Å². The Kier molecular flexibility index (Phi) is 6.23. The summed E-state index contributed by atoms with van der Waals surface area (Å²) in [4.78, 5) is 2.67. The second kappa shape index (κ2) is 9.15. The summed E-state index contributed by atoms with van der Waals surface area (Å²) in [5, 5.41) is 1.01. The molecular formula is C27H34N2O3S. The van der Waals surface area contributed by atoms with Crippen LogP contribution in [0.1, 0.15) is 62.0 Å². The molecule has 0 amide bonds. The Morgan fingerprint density at radius 2 is 1.61 bits per heavy atom. The number of aromatic nitrogens is 1. The van der Waals surface area contributed by atoms with Crippen LogP contribution in [0.4, 0.5) is 0 Å². The van der Waals surface area contributed by atoms with Gasteiger partial charge in [0.05, 0.1) is 16.5 Å². The van der Waals surface area contributed by atoms with Gasteiger partial charge in [-0.05, 0) is 107 Å². The molecular weight excluding hydrogens is 432 g/mol. The Labute approximate surface area is 197 Å². The standard InChI is InChI=1S/C27H34N2O3S/c1-20-8-11-24(12-9-20)33(30,31)29-19-26(21-14-16-28(2)17-15-21)25-18-23(10-13-27(25)29)32-22-6-4-3-5-7-22/h8-13,18-19,21-22H,3-7,14-17H2,1-2H3. The van der Waals surface area contributed by atoms with E-state index < -0.39 is 10.0 Å². The molecule has 1 aromatic heterocycles. The minimum Gasteiger partial charge on any atom is -0.490 e. The van der Waals surface area contributed by atoms with Gasteiger partial charge in [-0.2, -0.15) is 0 Å². The zero-order chi connectivity index (χ0) is 23.0. The van der Waals surface area contributed by atoms with E-state index in [4.69, 9.17) is 4.74 Å². The fourth-order valence-electron chi connectivity index (χ4n) is 5.32. The van der Waals surface area contributed by atoms with Crippen LogP contribution in [0.3, 0.4) is 0 Å². The van der Waals surface area contributed by atoms with Crippen molar-refractivity contribution in [1.82, 2.24) is 8.87 Å². The van der Waals surface area contributed by atoms with Gasteiger partial charge in [-0.1, -0.05) is 24.1 Å². The normalized spacial score (nSPS) is 19.2. The lowest BCUT2D eigenvalue weighted by Gasteiger charge is -2.28. The van der Waals surface area contributed by atoms with Crippen LogP contribution in [-0.2, 0) is 10.0 Å². The van der Waals surface area contributed by atoms with E-state index in [2.05, 4.69) is 18.0 Å². The van der Waals surface area contributed by atoms with Gasteiger partial charge in [0.1, 0.15) is 5.75 Å². The number of ether oxygens (including phenoxy) is 1. The summed E-state index contributed by atoms with van der Waals surface area (Å²) in [6.45, 7) is 4.02. The predicted molar refractivity (Wildman–Crippen MR) is 133 cm³/mol. The lowest BCUT2D eigenvalue weighted by atomic mass is 9.89. The molecule has 2 heterocycles. The average Bonchev–Trinajstić information content (AvgIpc) is 3.20. The smallest absolute Gasteiger partial charge is 0.268 e. The first kappa shape index (κ1) is 22.5. The van der Waals surface area contributed by atoms with Crippen molar-refractivity contribution in [2.45, 2.75) is 68.8 Å². The second-order valence-corrected chi connectivity index (χ2v) is 11.6. The number of rotatable bonds is 5. The molecule has 3 aromatic rings. The van der Waals surface area contributed by atoms with Crippen LogP contribution < -0.4 is 4.74 Å². The molecule has 0 unspecified atom stereocenters. The van der Waals surface area contributed by atoms with Crippen LogP contribution in [0.2, 0.25) is 0 Å². The Morgan fingerprint density at radius 1 is 0.909 bits per heavy atom. The molecule has 33 heavy (non-hydrogen) atoms. The van der Waals surface area contributed by atoms with Gasteiger partial charge in [-0.3, -0.25) is 0 Å². The van der Waals surface area contributed by atoms with E-state index in [9.17, 15) is 8.42 Å². The highest BCUT2D eigenvalue weighted by molar-refractivity contribution is 7.90. The van der Waals surface area contributed by atoms with Crippen molar-refractivity contribution in [1.29, 1.82) is 0 Å². The number of benzene rings is 2. The van der Waals surface area contributed by atoms with E-state index in [1.54, 1.807) is 12.1 Å². The molecule has 2 fully saturated rings. The monoisotopic (exact) mass is 466 g/mol. The zero-order valence-corrected chi connectivity index (χ0v) is 20.5. The molecule has 5 nitrogen and oxygen atoms in total. The van der Waals surface area contributed by atoms with E-state index in [1.165, 1.54) is 23.2 Å². The molecule has 0 N–H and O–H groups in total. The third-order valence-electron chi connectivity index (χ3n) is 7.36. The number of hydrogen-bond donors (Lipinski definition) is 0. The summed E-state index contributed by atoms with van der Waals surface area (Å²) in [6, 6.07) is 13.1. The largest absolute Gasteiger partial charge is 0.490 e. The van der Waals surface area contributed by atoms with Crippen LogP contribution in [-0.4, -0.2) is 43.5 Å². The van der Waals surface area contributed by atoms with E-state index in [-0.39, 0.29) is 6.10 Å². The molecule has 1 saturated carbocycles. The highest BCUT2D eigenvalue weighted by atomic mass is 32.2. The maximum atomic E-state index is 13.6. The minimum atomic E-state index is -3.69. The summed E-state index contributed by atoms with van der Waals surface area (Å²) in [5.74, 6) is 1.21. The Morgan fingerprint density at radius 3 is 2.30 bits per heavy atom. The van der Waals surface area contributed by atoms with Crippen LogP contribution in [0.25, 0.3) is 10.9 Å². The van der Waals surface area contributed by atoms with Gasteiger partial charge in [-0.25, -0.2) is 12.4 Å². The fraction of sp³-hybridized carbons (Fsp3) is 0.481. The number of likely N-dealkylation sites (tertiary alicyclic amines) is 1. The van der Waals surface area contributed by atoms with Crippen molar-refractivity contribution in [3.63, 3.8) is 0 Å². The minimum absolute atomic E-state index is 0.265. The number of piperidine rings is 1. The van der Waals surface area contributed by atoms with E-state index in [0.29, 0.717) is 10.8 Å². The Balaban J connectivity index is 1.58. The van der Waals surface area contributed by atoms with Crippen LogP contribution in [0.5, 0.6) is 5.75 Å². The molecule has 176 valence electrons. The molecule has 0 atom stereocenters. The third-order valence-corrected chi connectivity index (χ3v) is 9.05. The molecule has 0 radical (unpaired) electrons. The lowest BCUT2D eigenvalue weighted by molar-refractivity contribution is 0.155. The molecule has 1 aliphatic heterocycles. The number of hydrogen-bond acceptors (Lipinski definition) is 4. The second-order valence-electron chi connectivity index (χ2n) is 9.83. The van der Waals surface area contributed by atoms with E-state index in [0.717, 1.165) is 66.6 Å². The highest BCUT2D eigenvalue weighted by Gasteiger charge is 2.27. The van der Waals surface area contributed by atoms with Gasteiger partial charge in [0.25, 0.3) is 10.0 Å². The first-order valence-corrected chi connectivity index (χ1v) is 13.7. The van der Waals surface area contributed by atoms with Crippen molar-refractivity contribution in [2.75, 3.05) is 20.1 Å². The average molecular weight is 467 g/mol. The van der Waals surface area contributed by atoms with Gasteiger partial charge in [0, 0.05) is 11.6 Å². The highest BCUT2D eigenvalue weighted by Crippen LogP contribution is 2.38. The first-order chi connectivity index (χ1) is 15.9. The van der Waals surface area contributed by atoms with Crippen molar-refractivity contribution < 1.29 is 13.2 Å². The van der Waals surface area contributed by atoms with E-state index >= 15 is 0 Å². The topological polar surface area (TPSA) is 51.5 Å². The van der Waals surface area contributed by atoms with Crippen molar-refractivity contribution >= 4 is 20.9 Å². The molecule has 2 aliphatic rings. The molecule has 0 bridgehead atoms. The molecule has 1 aliphatic carbocycles. The van der Waals surface area contributed by atoms with Crippen LogP contribution in [0.15, 0.2) is 53.6 Å². The quantitative estimate of drug-likeness (QED) is 0.483. The van der Waals surface area contributed by atoms with Gasteiger partial charge >= 0.3 is 0 Å². The third kappa shape index (κ3) is 4.56. The Bertz CT molecular complexity index is 1220. The fourth-order valence-corrected chi connectivity index (χ4v) is 6.70. The summed E-state index contributed by atoms with van der Waals surface area (Å²) in [5.41, 5.74) is 2.91. The predicted octanol–water partition coefficient (Wildman–Crippen LogP) is 5.71. The van der Waals surface area contributed by atoms with Crippen molar-refractivity contribution in [3.05, 3.63) is 59.8 Å². The lowest BCUT2D eigenvalue weighted by Crippen LogP contribution is -2.29. The molecule has 0 spiro atoms. The van der Waals surface area contributed by atoms with Crippen LogP contribution >= 0.6 is 0 Å². The van der Waals surface area contributed by atoms with Crippen molar-refractivity contribution in [2.24, 2.45) is 0 Å². The summed E-state index contributed by atoms with van der Waals surface area (Å²) in [6.07, 6.45) is 10.1. The molecule has 1 saturated heterocycles.